The van der Waals surface area contributed by atoms with E-state index < -0.39 is 6.10 Å². The van der Waals surface area contributed by atoms with Gasteiger partial charge < -0.3 is 5.11 Å². The minimum absolute atomic E-state index is 0.186. The lowest BCUT2D eigenvalue weighted by Gasteiger charge is -2.32. The van der Waals surface area contributed by atoms with E-state index in [1.54, 1.807) is 18.5 Å². The molecule has 1 aliphatic heterocycles. The molecule has 1 fully saturated rings. The van der Waals surface area contributed by atoms with Crippen molar-refractivity contribution in [2.45, 2.75) is 25.0 Å². The molecule has 2 atom stereocenters. The Hall–Kier alpha value is -1.98. The second kappa shape index (κ2) is 8.58. The van der Waals surface area contributed by atoms with Crippen LogP contribution in [0.2, 0.25) is 10.0 Å². The van der Waals surface area contributed by atoms with Gasteiger partial charge in [0.15, 0.2) is 0 Å². The van der Waals surface area contributed by atoms with E-state index in [0.29, 0.717) is 15.7 Å². The zero-order valence-corrected chi connectivity index (χ0v) is 16.8. The SMILES string of the molecule is O[C@H](c1cccnc1-c1cc(Cl)cc(Cl)c1)[C@@H](c1cccnc1)N1CCCC1. The van der Waals surface area contributed by atoms with Crippen LogP contribution in [0.25, 0.3) is 11.3 Å². The summed E-state index contributed by atoms with van der Waals surface area (Å²) in [5.74, 6) is 0. The molecule has 0 spiro atoms. The van der Waals surface area contributed by atoms with Crippen molar-refractivity contribution in [2.75, 3.05) is 13.1 Å². The van der Waals surface area contributed by atoms with E-state index >= 15 is 0 Å². The third kappa shape index (κ3) is 4.06. The lowest BCUT2D eigenvalue weighted by Crippen LogP contribution is -2.31. The molecule has 4 nitrogen and oxygen atoms in total. The van der Waals surface area contributed by atoms with Gasteiger partial charge in [-0.2, -0.15) is 0 Å². The first-order valence-corrected chi connectivity index (χ1v) is 10.1. The van der Waals surface area contributed by atoms with Crippen molar-refractivity contribution in [3.63, 3.8) is 0 Å². The highest BCUT2D eigenvalue weighted by molar-refractivity contribution is 6.35. The van der Waals surface area contributed by atoms with Gasteiger partial charge in [0.05, 0.1) is 11.7 Å². The molecule has 1 aliphatic rings. The molecule has 0 aliphatic carbocycles. The summed E-state index contributed by atoms with van der Waals surface area (Å²) in [6.07, 6.45) is 6.80. The number of hydrogen-bond acceptors (Lipinski definition) is 4. The number of benzene rings is 1. The molecule has 0 bridgehead atoms. The first-order valence-electron chi connectivity index (χ1n) is 9.37. The fourth-order valence-electron chi connectivity index (χ4n) is 3.92. The van der Waals surface area contributed by atoms with Crippen molar-refractivity contribution in [1.29, 1.82) is 0 Å². The van der Waals surface area contributed by atoms with Crippen LogP contribution in [0.5, 0.6) is 0 Å². The van der Waals surface area contributed by atoms with E-state index in [4.69, 9.17) is 23.2 Å². The number of pyridine rings is 2. The minimum Gasteiger partial charge on any atom is -0.386 e. The van der Waals surface area contributed by atoms with Gasteiger partial charge in [0.1, 0.15) is 6.10 Å². The molecule has 3 heterocycles. The number of halogens is 2. The number of aromatic nitrogens is 2. The number of aliphatic hydroxyl groups excluding tert-OH is 1. The van der Waals surface area contributed by atoms with Crippen molar-refractivity contribution in [3.8, 4) is 11.3 Å². The average molecular weight is 414 g/mol. The quantitative estimate of drug-likeness (QED) is 0.614. The van der Waals surface area contributed by atoms with Gasteiger partial charge in [-0.15, -0.1) is 0 Å². The standard InChI is InChI=1S/C22H21Cl2N3O/c23-17-11-16(12-18(24)13-17)20-19(6-4-8-26-20)22(28)21(27-9-1-2-10-27)15-5-3-7-25-14-15/h3-8,11-14,21-22,28H,1-2,9-10H2/t21-,22-/m1/s1. The molecule has 0 unspecified atom stereocenters. The molecule has 144 valence electrons. The van der Waals surface area contributed by atoms with Gasteiger partial charge in [-0.1, -0.05) is 35.3 Å². The summed E-state index contributed by atoms with van der Waals surface area (Å²) in [4.78, 5) is 11.1. The summed E-state index contributed by atoms with van der Waals surface area (Å²) in [6.45, 7) is 1.91. The Morgan fingerprint density at radius 3 is 2.36 bits per heavy atom. The predicted molar refractivity (Wildman–Crippen MR) is 112 cm³/mol. The van der Waals surface area contributed by atoms with Gasteiger partial charge in [-0.3, -0.25) is 14.9 Å². The normalized spacial score (nSPS) is 16.8. The third-order valence-corrected chi connectivity index (χ3v) is 5.59. The van der Waals surface area contributed by atoms with Gasteiger partial charge in [0.25, 0.3) is 0 Å². The summed E-state index contributed by atoms with van der Waals surface area (Å²) in [5.41, 5.74) is 3.23. The van der Waals surface area contributed by atoms with Crippen molar-refractivity contribution in [3.05, 3.63) is 82.2 Å². The van der Waals surface area contributed by atoms with E-state index in [9.17, 15) is 5.11 Å². The molecule has 0 saturated carbocycles. The summed E-state index contributed by atoms with van der Waals surface area (Å²) in [6, 6.07) is 12.8. The second-order valence-electron chi connectivity index (χ2n) is 7.02. The van der Waals surface area contributed by atoms with Crippen LogP contribution in [-0.2, 0) is 0 Å². The highest BCUT2D eigenvalue weighted by atomic mass is 35.5. The maximum atomic E-state index is 11.5. The predicted octanol–water partition coefficient (Wildman–Crippen LogP) is 5.32. The first-order chi connectivity index (χ1) is 13.6. The van der Waals surface area contributed by atoms with Crippen LogP contribution in [-0.4, -0.2) is 33.1 Å². The smallest absolute Gasteiger partial charge is 0.101 e. The van der Waals surface area contributed by atoms with Crippen LogP contribution in [0.1, 0.15) is 36.1 Å². The molecule has 0 amide bonds. The Morgan fingerprint density at radius 1 is 0.964 bits per heavy atom. The molecular formula is C22H21Cl2N3O. The number of hydrogen-bond donors (Lipinski definition) is 1. The molecule has 2 aromatic heterocycles. The molecule has 1 saturated heterocycles. The average Bonchev–Trinajstić information content (AvgIpc) is 3.22. The zero-order chi connectivity index (χ0) is 19.5. The largest absolute Gasteiger partial charge is 0.386 e. The van der Waals surface area contributed by atoms with E-state index in [1.807, 2.05) is 42.6 Å². The molecule has 4 rings (SSSR count). The van der Waals surface area contributed by atoms with Crippen molar-refractivity contribution < 1.29 is 5.11 Å². The van der Waals surface area contributed by atoms with Crippen LogP contribution < -0.4 is 0 Å². The topological polar surface area (TPSA) is 49.3 Å². The fourth-order valence-corrected chi connectivity index (χ4v) is 4.45. The van der Waals surface area contributed by atoms with Gasteiger partial charge in [0.2, 0.25) is 0 Å². The molecule has 1 aromatic carbocycles. The Balaban J connectivity index is 1.78. The number of likely N-dealkylation sites (tertiary alicyclic amines) is 1. The highest BCUT2D eigenvalue weighted by Gasteiger charge is 2.32. The Kier molecular flexibility index (Phi) is 5.93. The lowest BCUT2D eigenvalue weighted by molar-refractivity contribution is 0.0607. The Labute approximate surface area is 174 Å². The molecule has 3 aromatic rings. The molecule has 6 heteroatoms. The van der Waals surface area contributed by atoms with E-state index in [2.05, 4.69) is 14.9 Å². The zero-order valence-electron chi connectivity index (χ0n) is 15.3. The van der Waals surface area contributed by atoms with E-state index in [1.165, 1.54) is 0 Å². The fraction of sp³-hybridized carbons (Fsp3) is 0.273. The molecule has 28 heavy (non-hydrogen) atoms. The van der Waals surface area contributed by atoms with Crippen molar-refractivity contribution in [1.82, 2.24) is 14.9 Å². The van der Waals surface area contributed by atoms with Gasteiger partial charge in [-0.25, -0.2) is 0 Å². The molecule has 0 radical (unpaired) electrons. The number of nitrogens with zero attached hydrogens (tertiary/aromatic N) is 3. The lowest BCUT2D eigenvalue weighted by atomic mass is 9.92. The van der Waals surface area contributed by atoms with Crippen molar-refractivity contribution in [2.24, 2.45) is 0 Å². The Morgan fingerprint density at radius 2 is 1.68 bits per heavy atom. The summed E-state index contributed by atoms with van der Waals surface area (Å²) in [7, 11) is 0. The summed E-state index contributed by atoms with van der Waals surface area (Å²) in [5, 5.41) is 12.6. The number of aliphatic hydroxyl groups is 1. The maximum absolute atomic E-state index is 11.5. The van der Waals surface area contributed by atoms with Crippen LogP contribution in [0, 0.1) is 0 Å². The highest BCUT2D eigenvalue weighted by Crippen LogP contribution is 2.39. The van der Waals surface area contributed by atoms with Gasteiger partial charge in [-0.05, 0) is 61.8 Å². The minimum atomic E-state index is -0.760. The van der Waals surface area contributed by atoms with Gasteiger partial charge in [0, 0.05) is 39.8 Å². The van der Waals surface area contributed by atoms with Crippen LogP contribution in [0.3, 0.4) is 0 Å². The molecule has 1 N–H and O–H groups in total. The van der Waals surface area contributed by atoms with Gasteiger partial charge >= 0.3 is 0 Å². The summed E-state index contributed by atoms with van der Waals surface area (Å²) >= 11 is 12.4. The maximum Gasteiger partial charge on any atom is 0.101 e. The second-order valence-corrected chi connectivity index (χ2v) is 7.89. The van der Waals surface area contributed by atoms with Crippen LogP contribution in [0.4, 0.5) is 0 Å². The molecular weight excluding hydrogens is 393 g/mol. The van der Waals surface area contributed by atoms with E-state index in [0.717, 1.165) is 42.6 Å². The van der Waals surface area contributed by atoms with Crippen molar-refractivity contribution >= 4 is 23.2 Å². The summed E-state index contributed by atoms with van der Waals surface area (Å²) < 4.78 is 0. The Bertz CT molecular complexity index is 925. The van der Waals surface area contributed by atoms with E-state index in [-0.39, 0.29) is 6.04 Å². The third-order valence-electron chi connectivity index (χ3n) is 5.15. The monoisotopic (exact) mass is 413 g/mol. The van der Waals surface area contributed by atoms with Crippen LogP contribution in [0.15, 0.2) is 61.1 Å². The first kappa shape index (κ1) is 19.3. The van der Waals surface area contributed by atoms with Crippen LogP contribution >= 0.6 is 23.2 Å². The number of rotatable bonds is 5.